The summed E-state index contributed by atoms with van der Waals surface area (Å²) in [6, 6.07) is 48.6. The van der Waals surface area contributed by atoms with E-state index in [-0.39, 0.29) is 0 Å². The molecule has 0 atom stereocenters. The molecule has 7 aromatic carbocycles. The van der Waals surface area contributed by atoms with Gasteiger partial charge < -0.3 is 4.40 Å². The van der Waals surface area contributed by atoms with Crippen molar-refractivity contribution in [2.75, 3.05) is 0 Å². The lowest BCUT2D eigenvalue weighted by Gasteiger charge is -2.12. The molecule has 0 radical (unpaired) electrons. The van der Waals surface area contributed by atoms with Gasteiger partial charge in [-0.15, -0.1) is 22.7 Å². The Bertz CT molecular complexity index is 3550. The fraction of sp³-hybridized carbons (Fsp3) is 0. The van der Waals surface area contributed by atoms with Gasteiger partial charge in [0, 0.05) is 57.4 Å². The molecule has 0 amide bonds. The van der Waals surface area contributed by atoms with Crippen LogP contribution in [0.1, 0.15) is 0 Å². The maximum absolute atomic E-state index is 5.57. The lowest BCUT2D eigenvalue weighted by Crippen LogP contribution is -2.03. The van der Waals surface area contributed by atoms with Gasteiger partial charge in [0.2, 0.25) is 5.95 Å². The minimum absolute atomic E-state index is 0.698. The van der Waals surface area contributed by atoms with Gasteiger partial charge in [0.15, 0.2) is 0 Å². The van der Waals surface area contributed by atoms with E-state index >= 15 is 0 Å². The molecule has 6 aromatic heterocycles. The first-order chi connectivity index (χ1) is 24.8. The average Bonchev–Trinajstić information content (AvgIpc) is 3.89. The lowest BCUT2D eigenvalue weighted by atomic mass is 10.0. The molecule has 50 heavy (non-hydrogen) atoms. The van der Waals surface area contributed by atoms with E-state index in [4.69, 9.17) is 9.97 Å². The zero-order chi connectivity index (χ0) is 32.2. The van der Waals surface area contributed by atoms with Crippen LogP contribution in [0, 0.1) is 0 Å². The normalized spacial score (nSPS) is 12.8. The molecule has 6 heterocycles. The third-order valence-electron chi connectivity index (χ3n) is 10.9. The number of benzene rings is 7. The summed E-state index contributed by atoms with van der Waals surface area (Å²) < 4.78 is 9.81. The third kappa shape index (κ3) is 3.00. The fourth-order valence-corrected chi connectivity index (χ4v) is 11.1. The van der Waals surface area contributed by atoms with Crippen LogP contribution < -0.4 is 0 Å². The summed E-state index contributed by atoms with van der Waals surface area (Å²) in [5.74, 6) is 0.698. The van der Waals surface area contributed by atoms with Crippen molar-refractivity contribution in [2.45, 2.75) is 0 Å². The van der Waals surface area contributed by atoms with Gasteiger partial charge in [-0.05, 0) is 53.2 Å². The zero-order valence-corrected chi connectivity index (χ0v) is 27.9. The summed E-state index contributed by atoms with van der Waals surface area (Å²) in [5, 5.41) is 11.4. The summed E-state index contributed by atoms with van der Waals surface area (Å²) in [6.45, 7) is 0. The molecule has 0 aliphatic heterocycles. The summed E-state index contributed by atoms with van der Waals surface area (Å²) in [4.78, 5) is 11.1. The maximum atomic E-state index is 5.57. The van der Waals surface area contributed by atoms with Crippen molar-refractivity contribution in [1.29, 1.82) is 0 Å². The number of aromatic nitrogens is 4. The average molecular weight is 671 g/mol. The van der Waals surface area contributed by atoms with Gasteiger partial charge in [-0.25, -0.2) is 9.97 Å². The molecule has 0 bridgehead atoms. The molecule has 6 heteroatoms. The second-order valence-electron chi connectivity index (χ2n) is 13.3. The smallest absolute Gasteiger partial charge is 0.235 e. The molecule has 4 nitrogen and oxygen atoms in total. The SMILES string of the molecule is c1ccc2c(-c3nc(-n4c5ccc6sc7ccc8c9ccccc9n9c%10cccc4c%10c5c6c7c89)nc4c3sc3ccccc34)cccc2c1. The molecular weight excluding hydrogens is 649 g/mol. The Morgan fingerprint density at radius 3 is 2.12 bits per heavy atom. The van der Waals surface area contributed by atoms with Gasteiger partial charge in [0.05, 0.1) is 43.5 Å². The molecule has 13 rings (SSSR count). The van der Waals surface area contributed by atoms with E-state index in [1.165, 1.54) is 73.7 Å². The van der Waals surface area contributed by atoms with E-state index < -0.39 is 0 Å². The Morgan fingerprint density at radius 2 is 1.16 bits per heavy atom. The number of hydrogen-bond acceptors (Lipinski definition) is 4. The largest absolute Gasteiger partial charge is 0.308 e. The maximum Gasteiger partial charge on any atom is 0.235 e. The van der Waals surface area contributed by atoms with Crippen molar-refractivity contribution in [1.82, 2.24) is 18.9 Å². The first-order valence-electron chi connectivity index (χ1n) is 16.8. The van der Waals surface area contributed by atoms with Gasteiger partial charge in [0.1, 0.15) is 0 Å². The molecule has 0 unspecified atom stereocenters. The van der Waals surface area contributed by atoms with Gasteiger partial charge >= 0.3 is 0 Å². The Hall–Kier alpha value is -6.08. The molecule has 0 fully saturated rings. The molecule has 0 aliphatic rings. The van der Waals surface area contributed by atoms with Crippen molar-refractivity contribution < 1.29 is 0 Å². The number of thiophene rings is 2. The quantitative estimate of drug-likeness (QED) is 0.183. The van der Waals surface area contributed by atoms with E-state index in [0.29, 0.717) is 5.95 Å². The van der Waals surface area contributed by atoms with Crippen LogP contribution in [-0.4, -0.2) is 18.9 Å². The number of nitrogens with zero attached hydrogens (tertiary/aromatic N) is 4. The van der Waals surface area contributed by atoms with E-state index in [1.807, 2.05) is 11.3 Å². The van der Waals surface area contributed by atoms with Gasteiger partial charge in [-0.2, -0.15) is 0 Å². The summed E-state index contributed by atoms with van der Waals surface area (Å²) in [5.41, 5.74) is 9.09. The number of fused-ring (bicyclic) bond motifs is 8. The molecule has 0 N–H and O–H groups in total. The first kappa shape index (κ1) is 25.9. The van der Waals surface area contributed by atoms with Crippen LogP contribution in [0.15, 0.2) is 133 Å². The highest BCUT2D eigenvalue weighted by Crippen LogP contribution is 2.50. The van der Waals surface area contributed by atoms with Crippen molar-refractivity contribution in [3.63, 3.8) is 0 Å². The summed E-state index contributed by atoms with van der Waals surface area (Å²) >= 11 is 3.67. The van der Waals surface area contributed by atoms with E-state index in [0.717, 1.165) is 37.9 Å². The minimum atomic E-state index is 0.698. The number of hydrogen-bond donors (Lipinski definition) is 0. The monoisotopic (exact) mass is 670 g/mol. The van der Waals surface area contributed by atoms with Gasteiger partial charge in [-0.3, -0.25) is 4.57 Å². The van der Waals surface area contributed by atoms with Crippen LogP contribution in [0.4, 0.5) is 0 Å². The lowest BCUT2D eigenvalue weighted by molar-refractivity contribution is 1.02. The predicted molar refractivity (Wildman–Crippen MR) is 213 cm³/mol. The predicted octanol–water partition coefficient (Wildman–Crippen LogP) is 12.6. The van der Waals surface area contributed by atoms with Crippen LogP contribution in [0.5, 0.6) is 0 Å². The minimum Gasteiger partial charge on any atom is -0.308 e. The van der Waals surface area contributed by atoms with Crippen LogP contribution in [0.25, 0.3) is 118 Å². The van der Waals surface area contributed by atoms with Crippen molar-refractivity contribution >= 4 is 123 Å². The van der Waals surface area contributed by atoms with E-state index in [2.05, 4.69) is 142 Å². The number of rotatable bonds is 2. The molecule has 0 saturated carbocycles. The summed E-state index contributed by atoms with van der Waals surface area (Å²) in [7, 11) is 0. The van der Waals surface area contributed by atoms with Crippen LogP contribution in [0.3, 0.4) is 0 Å². The second kappa shape index (κ2) is 8.93. The molecule has 0 saturated heterocycles. The molecule has 230 valence electrons. The van der Waals surface area contributed by atoms with E-state index in [1.54, 1.807) is 11.3 Å². The van der Waals surface area contributed by atoms with Gasteiger partial charge in [0.25, 0.3) is 0 Å². The number of para-hydroxylation sites is 1. The highest BCUT2D eigenvalue weighted by atomic mass is 32.1. The second-order valence-corrected chi connectivity index (χ2v) is 15.4. The van der Waals surface area contributed by atoms with Crippen molar-refractivity contribution in [3.05, 3.63) is 133 Å². The van der Waals surface area contributed by atoms with Crippen LogP contribution in [-0.2, 0) is 0 Å². The fourth-order valence-electron chi connectivity index (χ4n) is 8.88. The molecule has 13 aromatic rings. The Kier molecular flexibility index (Phi) is 4.62. The Morgan fingerprint density at radius 1 is 0.440 bits per heavy atom. The van der Waals surface area contributed by atoms with Crippen LogP contribution >= 0.6 is 22.7 Å². The van der Waals surface area contributed by atoms with Gasteiger partial charge in [-0.1, -0.05) is 91.0 Å². The molecular formula is C44H22N4S2. The highest BCUT2D eigenvalue weighted by molar-refractivity contribution is 7.26. The van der Waals surface area contributed by atoms with Crippen molar-refractivity contribution in [2.24, 2.45) is 0 Å². The molecule has 0 spiro atoms. The van der Waals surface area contributed by atoms with Crippen molar-refractivity contribution in [3.8, 4) is 17.2 Å². The molecule has 0 aliphatic carbocycles. The van der Waals surface area contributed by atoms with Crippen LogP contribution in [0.2, 0.25) is 0 Å². The van der Waals surface area contributed by atoms with E-state index in [9.17, 15) is 0 Å². The summed E-state index contributed by atoms with van der Waals surface area (Å²) in [6.07, 6.45) is 0. The zero-order valence-electron chi connectivity index (χ0n) is 26.3. The standard InChI is InChI=1S/C44H22N4S2/c1-2-11-24-23(9-1)10-7-14-26(24)40-43-41(28-13-4-6-18-33(28)50-43)46-44(45-40)48-31-17-8-16-30-36(31)37-32(48)20-22-34-38(37)39-35(49-34)21-19-27-25-12-3-5-15-29(25)47(30)42(27)39/h1-22H. The third-order valence-corrected chi connectivity index (χ3v) is 13.1. The Balaban J connectivity index is 1.26. The Labute approximate surface area is 291 Å². The highest BCUT2D eigenvalue weighted by Gasteiger charge is 2.27. The first-order valence-corrected chi connectivity index (χ1v) is 18.5. The topological polar surface area (TPSA) is 35.1 Å².